The van der Waals surface area contributed by atoms with E-state index < -0.39 is 6.10 Å². The standard InChI is InChI=1S/C33H41N5O4/c1-20-5-8-27(38-17-25-6-7-26(18-38)35-25)15-30(20)32(40)34-21(2)22-11-23(13-29(12-22)42-4)24-14-31(36(3)16-24)33(41)37-10-9-28(39)19-37/h5,8,11-16,21,25-26,28,35,39H,6-7,9-10,17-19H2,1-4H3,(H,34,40)/t21-,25-,26+,28+/m1/s1. The smallest absolute Gasteiger partial charge is 0.270 e. The van der Waals surface area contributed by atoms with E-state index in [-0.39, 0.29) is 17.9 Å². The van der Waals surface area contributed by atoms with Crippen molar-refractivity contribution in [1.29, 1.82) is 0 Å². The number of aromatic nitrogens is 1. The normalized spacial score (nSPS) is 22.4. The Morgan fingerprint density at radius 3 is 2.48 bits per heavy atom. The summed E-state index contributed by atoms with van der Waals surface area (Å²) in [4.78, 5) is 30.8. The number of aliphatic hydroxyl groups is 1. The van der Waals surface area contributed by atoms with Crippen LogP contribution in [0.3, 0.4) is 0 Å². The van der Waals surface area contributed by atoms with Crippen LogP contribution >= 0.6 is 0 Å². The average molecular weight is 572 g/mol. The van der Waals surface area contributed by atoms with E-state index in [0.717, 1.165) is 41.0 Å². The maximum atomic E-state index is 13.6. The number of aliphatic hydroxyl groups excluding tert-OH is 1. The van der Waals surface area contributed by atoms with Crippen molar-refractivity contribution in [3.05, 3.63) is 71.0 Å². The van der Waals surface area contributed by atoms with Crippen molar-refractivity contribution >= 4 is 17.5 Å². The van der Waals surface area contributed by atoms with E-state index >= 15 is 0 Å². The lowest BCUT2D eigenvalue weighted by molar-refractivity contribution is 0.0755. The third-order valence-corrected chi connectivity index (χ3v) is 9.07. The van der Waals surface area contributed by atoms with Crippen molar-refractivity contribution < 1.29 is 19.4 Å². The second-order valence-corrected chi connectivity index (χ2v) is 12.2. The van der Waals surface area contributed by atoms with Crippen LogP contribution in [0.1, 0.15) is 64.2 Å². The SMILES string of the molecule is COc1cc(-c2cc(C(=O)N3CC[C@H](O)C3)n(C)c2)cc([C@@H](C)NC(=O)c2cc(N3C[C@H]4CC[C@@H](C3)N4)ccc2C)c1. The molecule has 9 nitrogen and oxygen atoms in total. The molecule has 0 saturated carbocycles. The van der Waals surface area contributed by atoms with Crippen LogP contribution in [0.15, 0.2) is 48.7 Å². The second kappa shape index (κ2) is 11.5. The highest BCUT2D eigenvalue weighted by Crippen LogP contribution is 2.32. The molecule has 4 heterocycles. The lowest BCUT2D eigenvalue weighted by Gasteiger charge is -2.35. The van der Waals surface area contributed by atoms with Gasteiger partial charge < -0.3 is 34.8 Å². The summed E-state index contributed by atoms with van der Waals surface area (Å²) in [6, 6.07) is 14.8. The Morgan fingerprint density at radius 2 is 1.79 bits per heavy atom. The van der Waals surface area contributed by atoms with E-state index in [1.54, 1.807) is 12.0 Å². The number of fused-ring (bicyclic) bond motifs is 2. The maximum Gasteiger partial charge on any atom is 0.270 e. The predicted molar refractivity (Wildman–Crippen MR) is 163 cm³/mol. The summed E-state index contributed by atoms with van der Waals surface area (Å²) in [5, 5.41) is 16.8. The Balaban J connectivity index is 1.21. The minimum absolute atomic E-state index is 0.0879. The molecule has 2 bridgehead atoms. The van der Waals surface area contributed by atoms with E-state index in [4.69, 9.17) is 4.74 Å². The van der Waals surface area contributed by atoms with Gasteiger partial charge in [0.05, 0.1) is 19.3 Å². The van der Waals surface area contributed by atoms with Crippen LogP contribution in [-0.2, 0) is 7.05 Å². The van der Waals surface area contributed by atoms with E-state index in [1.165, 1.54) is 12.8 Å². The molecule has 3 saturated heterocycles. The van der Waals surface area contributed by atoms with Crippen LogP contribution in [0.2, 0.25) is 0 Å². The number of rotatable bonds is 7. The molecule has 42 heavy (non-hydrogen) atoms. The fourth-order valence-electron chi connectivity index (χ4n) is 6.60. The number of hydrogen-bond acceptors (Lipinski definition) is 6. The number of hydrogen-bond donors (Lipinski definition) is 3. The van der Waals surface area contributed by atoms with Gasteiger partial charge >= 0.3 is 0 Å². The molecule has 4 atom stereocenters. The number of amides is 2. The van der Waals surface area contributed by atoms with Gasteiger partial charge in [0.2, 0.25) is 0 Å². The number of β-amino-alcohol motifs (C(OH)–C–C–N with tert-alkyl or cyclic N) is 1. The molecule has 3 aliphatic heterocycles. The quantitative estimate of drug-likeness (QED) is 0.401. The number of nitrogens with zero attached hydrogens (tertiary/aromatic N) is 3. The van der Waals surface area contributed by atoms with Crippen LogP contribution in [0.5, 0.6) is 5.75 Å². The van der Waals surface area contributed by atoms with E-state index in [9.17, 15) is 14.7 Å². The van der Waals surface area contributed by atoms with Crippen molar-refractivity contribution in [3.8, 4) is 16.9 Å². The van der Waals surface area contributed by atoms with Crippen molar-refractivity contribution in [2.45, 2.75) is 57.3 Å². The molecule has 0 unspecified atom stereocenters. The Morgan fingerprint density at radius 1 is 1.02 bits per heavy atom. The molecule has 6 rings (SSSR count). The zero-order chi connectivity index (χ0) is 29.5. The summed E-state index contributed by atoms with van der Waals surface area (Å²) in [5.41, 5.74) is 5.98. The highest BCUT2D eigenvalue weighted by molar-refractivity contribution is 5.97. The molecule has 3 fully saturated rings. The molecular weight excluding hydrogens is 530 g/mol. The fourth-order valence-corrected chi connectivity index (χ4v) is 6.60. The minimum atomic E-state index is -0.463. The second-order valence-electron chi connectivity index (χ2n) is 12.2. The number of benzene rings is 2. The van der Waals surface area contributed by atoms with Gasteiger partial charge in [-0.1, -0.05) is 6.07 Å². The molecule has 3 aliphatic rings. The summed E-state index contributed by atoms with van der Waals surface area (Å²) >= 11 is 0. The molecule has 0 radical (unpaired) electrons. The first-order valence-electron chi connectivity index (χ1n) is 14.9. The van der Waals surface area contributed by atoms with Crippen LogP contribution < -0.4 is 20.3 Å². The number of ether oxygens (including phenoxy) is 1. The third-order valence-electron chi connectivity index (χ3n) is 9.07. The monoisotopic (exact) mass is 571 g/mol. The lowest BCUT2D eigenvalue weighted by atomic mass is 10.00. The zero-order valence-corrected chi connectivity index (χ0v) is 24.9. The number of likely N-dealkylation sites (tertiary alicyclic amines) is 1. The topological polar surface area (TPSA) is 99.1 Å². The van der Waals surface area contributed by atoms with Gasteiger partial charge in [0.25, 0.3) is 11.8 Å². The Kier molecular flexibility index (Phi) is 7.72. The van der Waals surface area contributed by atoms with Gasteiger partial charge in [-0.2, -0.15) is 0 Å². The highest BCUT2D eigenvalue weighted by Gasteiger charge is 2.32. The van der Waals surface area contributed by atoms with E-state index in [0.29, 0.717) is 48.6 Å². The van der Waals surface area contributed by atoms with E-state index in [1.807, 2.05) is 68.1 Å². The van der Waals surface area contributed by atoms with Crippen LogP contribution in [0, 0.1) is 6.92 Å². The Labute approximate surface area is 247 Å². The summed E-state index contributed by atoms with van der Waals surface area (Å²) in [5.74, 6) is 0.481. The number of piperazine rings is 1. The van der Waals surface area contributed by atoms with Gasteiger partial charge in [0.1, 0.15) is 11.4 Å². The molecule has 222 valence electrons. The summed E-state index contributed by atoms with van der Waals surface area (Å²) < 4.78 is 7.45. The van der Waals surface area contributed by atoms with Gasteiger partial charge in [-0.05, 0) is 86.2 Å². The Bertz CT molecular complexity index is 1490. The average Bonchev–Trinajstić information content (AvgIpc) is 3.69. The van der Waals surface area contributed by atoms with Crippen LogP contribution in [0.4, 0.5) is 5.69 Å². The molecule has 3 aromatic rings. The van der Waals surface area contributed by atoms with Crippen molar-refractivity contribution in [2.75, 3.05) is 38.2 Å². The molecular formula is C33H41N5O4. The Hall–Kier alpha value is -3.82. The third kappa shape index (κ3) is 5.63. The first kappa shape index (κ1) is 28.3. The van der Waals surface area contributed by atoms with Crippen LogP contribution in [0.25, 0.3) is 11.1 Å². The molecule has 3 N–H and O–H groups in total. The minimum Gasteiger partial charge on any atom is -0.497 e. The number of carbonyl (C=O) groups is 2. The van der Waals surface area contributed by atoms with E-state index in [2.05, 4.69) is 21.6 Å². The maximum absolute atomic E-state index is 13.6. The molecule has 2 aromatic carbocycles. The molecule has 9 heteroatoms. The highest BCUT2D eigenvalue weighted by atomic mass is 16.5. The first-order valence-corrected chi connectivity index (χ1v) is 14.9. The van der Waals surface area contributed by atoms with Gasteiger partial charge in [0, 0.05) is 68.3 Å². The molecule has 0 spiro atoms. The number of nitrogens with one attached hydrogen (secondary N) is 2. The number of aryl methyl sites for hydroxylation is 2. The lowest BCUT2D eigenvalue weighted by Crippen LogP contribution is -2.51. The molecule has 1 aromatic heterocycles. The summed E-state index contributed by atoms with van der Waals surface area (Å²) in [7, 11) is 3.48. The van der Waals surface area contributed by atoms with Crippen molar-refractivity contribution in [3.63, 3.8) is 0 Å². The van der Waals surface area contributed by atoms with Gasteiger partial charge in [0.15, 0.2) is 0 Å². The van der Waals surface area contributed by atoms with Crippen LogP contribution in [-0.4, -0.2) is 77.9 Å². The fraction of sp³-hybridized carbons (Fsp3) is 0.455. The number of methoxy groups -OCH3 is 1. The van der Waals surface area contributed by atoms with Gasteiger partial charge in [-0.15, -0.1) is 0 Å². The molecule has 0 aliphatic carbocycles. The number of carbonyl (C=O) groups excluding carboxylic acids is 2. The summed E-state index contributed by atoms with van der Waals surface area (Å²) in [6.45, 7) is 6.80. The van der Waals surface area contributed by atoms with Crippen molar-refractivity contribution in [1.82, 2.24) is 20.1 Å². The first-order chi connectivity index (χ1) is 20.2. The van der Waals surface area contributed by atoms with Crippen molar-refractivity contribution in [2.24, 2.45) is 7.05 Å². The number of anilines is 1. The zero-order valence-electron chi connectivity index (χ0n) is 24.9. The van der Waals surface area contributed by atoms with Gasteiger partial charge in [-0.25, -0.2) is 0 Å². The predicted octanol–water partition coefficient (Wildman–Crippen LogP) is 3.65. The largest absolute Gasteiger partial charge is 0.497 e. The molecule has 2 amide bonds. The van der Waals surface area contributed by atoms with Gasteiger partial charge in [-0.3, -0.25) is 9.59 Å². The summed E-state index contributed by atoms with van der Waals surface area (Å²) in [6.07, 6.45) is 4.49.